The molecule has 0 fully saturated rings. The van der Waals surface area contributed by atoms with Crippen LogP contribution in [0.25, 0.3) is 0 Å². The molecule has 1 aliphatic rings. The number of hydrogen-bond donors (Lipinski definition) is 0. The standard InChI is InChI=1S/C15H21N5/c1-13-9-18(2)15-6-4-3-5-14(15)10-19(13)7-8-20-12-16-11-17-20/h3-6,11-13H,7-10H2,1-2H3/t13-/m0/s1. The molecule has 1 atom stereocenters. The Balaban J connectivity index is 1.75. The molecule has 0 unspecified atom stereocenters. The Kier molecular flexibility index (Phi) is 3.69. The molecule has 0 radical (unpaired) electrons. The van der Waals surface area contributed by atoms with Crippen molar-refractivity contribution in [2.45, 2.75) is 26.1 Å². The number of para-hydroxylation sites is 1. The van der Waals surface area contributed by atoms with Gasteiger partial charge in [0.1, 0.15) is 12.7 Å². The van der Waals surface area contributed by atoms with Gasteiger partial charge in [-0.15, -0.1) is 0 Å². The van der Waals surface area contributed by atoms with Gasteiger partial charge in [-0.2, -0.15) is 5.10 Å². The highest BCUT2D eigenvalue weighted by atomic mass is 15.3. The van der Waals surface area contributed by atoms with E-state index in [4.69, 9.17) is 0 Å². The number of benzene rings is 1. The van der Waals surface area contributed by atoms with E-state index in [9.17, 15) is 0 Å². The molecule has 0 bridgehead atoms. The van der Waals surface area contributed by atoms with Crippen LogP contribution in [0, 0.1) is 0 Å². The summed E-state index contributed by atoms with van der Waals surface area (Å²) in [5.74, 6) is 0. The lowest BCUT2D eigenvalue weighted by Crippen LogP contribution is -2.39. The second-order valence-corrected chi connectivity index (χ2v) is 5.49. The first-order valence-corrected chi connectivity index (χ1v) is 7.09. The largest absolute Gasteiger partial charge is 0.373 e. The van der Waals surface area contributed by atoms with Crippen LogP contribution in [-0.2, 0) is 13.1 Å². The predicted molar refractivity (Wildman–Crippen MR) is 79.6 cm³/mol. The molecular formula is C15H21N5. The van der Waals surface area contributed by atoms with E-state index in [-0.39, 0.29) is 0 Å². The Morgan fingerprint density at radius 2 is 2.10 bits per heavy atom. The van der Waals surface area contributed by atoms with Gasteiger partial charge in [0.2, 0.25) is 0 Å². The molecule has 0 aliphatic carbocycles. The van der Waals surface area contributed by atoms with Crippen LogP contribution in [0.5, 0.6) is 0 Å². The minimum atomic E-state index is 0.524. The Morgan fingerprint density at radius 3 is 2.90 bits per heavy atom. The molecule has 3 rings (SSSR count). The Morgan fingerprint density at radius 1 is 1.25 bits per heavy atom. The minimum Gasteiger partial charge on any atom is -0.373 e. The molecule has 0 amide bonds. The van der Waals surface area contributed by atoms with Crippen LogP contribution in [0.3, 0.4) is 0 Å². The molecule has 1 aromatic carbocycles. The summed E-state index contributed by atoms with van der Waals surface area (Å²) in [4.78, 5) is 8.87. The van der Waals surface area contributed by atoms with Gasteiger partial charge in [0, 0.05) is 38.4 Å². The monoisotopic (exact) mass is 271 g/mol. The van der Waals surface area contributed by atoms with Crippen LogP contribution in [-0.4, -0.2) is 45.8 Å². The average molecular weight is 271 g/mol. The van der Waals surface area contributed by atoms with Crippen molar-refractivity contribution in [1.82, 2.24) is 19.7 Å². The first-order chi connectivity index (χ1) is 9.74. The number of anilines is 1. The van der Waals surface area contributed by atoms with Crippen LogP contribution in [0.15, 0.2) is 36.9 Å². The van der Waals surface area contributed by atoms with Crippen LogP contribution in [0.2, 0.25) is 0 Å². The van der Waals surface area contributed by atoms with Crippen molar-refractivity contribution >= 4 is 5.69 Å². The fraction of sp³-hybridized carbons (Fsp3) is 0.467. The van der Waals surface area contributed by atoms with E-state index in [1.165, 1.54) is 11.3 Å². The number of hydrogen-bond acceptors (Lipinski definition) is 4. The fourth-order valence-corrected chi connectivity index (χ4v) is 2.88. The average Bonchev–Trinajstić information content (AvgIpc) is 2.92. The van der Waals surface area contributed by atoms with E-state index in [1.807, 2.05) is 4.68 Å². The molecule has 5 heteroatoms. The highest BCUT2D eigenvalue weighted by molar-refractivity contribution is 5.53. The zero-order valence-electron chi connectivity index (χ0n) is 12.1. The Labute approximate surface area is 119 Å². The van der Waals surface area contributed by atoms with Gasteiger partial charge in [0.25, 0.3) is 0 Å². The second-order valence-electron chi connectivity index (χ2n) is 5.49. The topological polar surface area (TPSA) is 37.2 Å². The SMILES string of the molecule is C[C@H]1CN(C)c2ccccc2CN1CCn1cncn1. The zero-order valence-corrected chi connectivity index (χ0v) is 12.1. The molecule has 2 aromatic rings. The van der Waals surface area contributed by atoms with E-state index in [2.05, 4.69) is 58.1 Å². The van der Waals surface area contributed by atoms with Gasteiger partial charge in [0.05, 0.1) is 6.54 Å². The maximum atomic E-state index is 4.18. The summed E-state index contributed by atoms with van der Waals surface area (Å²) in [5, 5.41) is 4.18. The quantitative estimate of drug-likeness (QED) is 0.850. The summed E-state index contributed by atoms with van der Waals surface area (Å²) in [5.41, 5.74) is 2.75. The Hall–Kier alpha value is -1.88. The molecule has 0 saturated heterocycles. The van der Waals surface area contributed by atoms with Crippen LogP contribution in [0.4, 0.5) is 5.69 Å². The van der Waals surface area contributed by atoms with Crippen molar-refractivity contribution in [3.05, 3.63) is 42.5 Å². The van der Waals surface area contributed by atoms with E-state index in [0.29, 0.717) is 6.04 Å². The van der Waals surface area contributed by atoms with Crippen molar-refractivity contribution < 1.29 is 0 Å². The highest BCUT2D eigenvalue weighted by Crippen LogP contribution is 2.25. The zero-order chi connectivity index (χ0) is 13.9. The third-order valence-electron chi connectivity index (χ3n) is 4.02. The molecular weight excluding hydrogens is 250 g/mol. The third kappa shape index (κ3) is 2.67. The lowest BCUT2D eigenvalue weighted by atomic mass is 10.1. The van der Waals surface area contributed by atoms with Gasteiger partial charge in [-0.05, 0) is 18.6 Å². The lowest BCUT2D eigenvalue weighted by molar-refractivity contribution is 0.198. The van der Waals surface area contributed by atoms with Gasteiger partial charge < -0.3 is 4.90 Å². The van der Waals surface area contributed by atoms with Gasteiger partial charge in [-0.3, -0.25) is 9.58 Å². The van der Waals surface area contributed by atoms with Crippen molar-refractivity contribution in [3.63, 3.8) is 0 Å². The fourth-order valence-electron chi connectivity index (χ4n) is 2.88. The van der Waals surface area contributed by atoms with E-state index < -0.39 is 0 Å². The van der Waals surface area contributed by atoms with Gasteiger partial charge in [-0.25, -0.2) is 4.98 Å². The maximum absolute atomic E-state index is 4.18. The smallest absolute Gasteiger partial charge is 0.137 e. The van der Waals surface area contributed by atoms with Crippen molar-refractivity contribution in [2.24, 2.45) is 0 Å². The highest BCUT2D eigenvalue weighted by Gasteiger charge is 2.22. The molecule has 106 valence electrons. The first-order valence-electron chi connectivity index (χ1n) is 7.09. The third-order valence-corrected chi connectivity index (χ3v) is 4.02. The molecule has 5 nitrogen and oxygen atoms in total. The molecule has 20 heavy (non-hydrogen) atoms. The summed E-state index contributed by atoms with van der Waals surface area (Å²) in [6.45, 7) is 6.22. The van der Waals surface area contributed by atoms with Gasteiger partial charge >= 0.3 is 0 Å². The first kappa shape index (κ1) is 13.1. The molecule has 0 N–H and O–H groups in total. The maximum Gasteiger partial charge on any atom is 0.137 e. The molecule has 0 saturated carbocycles. The van der Waals surface area contributed by atoms with Gasteiger partial charge in [-0.1, -0.05) is 18.2 Å². The number of nitrogens with zero attached hydrogens (tertiary/aromatic N) is 5. The molecule has 1 aliphatic heterocycles. The molecule has 2 heterocycles. The van der Waals surface area contributed by atoms with Crippen LogP contribution in [0.1, 0.15) is 12.5 Å². The van der Waals surface area contributed by atoms with E-state index in [1.54, 1.807) is 12.7 Å². The summed E-state index contributed by atoms with van der Waals surface area (Å²) in [6, 6.07) is 9.20. The molecule has 0 spiro atoms. The predicted octanol–water partition coefficient (Wildman–Crippen LogP) is 1.62. The summed E-state index contributed by atoms with van der Waals surface area (Å²) in [7, 11) is 2.18. The normalized spacial score (nSPS) is 19.7. The van der Waals surface area contributed by atoms with Crippen molar-refractivity contribution in [3.8, 4) is 0 Å². The van der Waals surface area contributed by atoms with Crippen molar-refractivity contribution in [1.29, 1.82) is 0 Å². The summed E-state index contributed by atoms with van der Waals surface area (Å²) in [6.07, 6.45) is 3.37. The van der Waals surface area contributed by atoms with Crippen molar-refractivity contribution in [2.75, 3.05) is 25.0 Å². The number of likely N-dealkylation sites (N-methyl/N-ethyl adjacent to an activating group) is 1. The number of fused-ring (bicyclic) bond motifs is 1. The van der Waals surface area contributed by atoms with E-state index >= 15 is 0 Å². The van der Waals surface area contributed by atoms with Crippen LogP contribution < -0.4 is 4.90 Å². The number of rotatable bonds is 3. The van der Waals surface area contributed by atoms with E-state index in [0.717, 1.165) is 26.2 Å². The van der Waals surface area contributed by atoms with Crippen LogP contribution >= 0.6 is 0 Å². The second kappa shape index (κ2) is 5.63. The molecule has 1 aromatic heterocycles. The van der Waals surface area contributed by atoms with Gasteiger partial charge in [0.15, 0.2) is 0 Å². The minimum absolute atomic E-state index is 0.524. The summed E-state index contributed by atoms with van der Waals surface area (Å²) < 4.78 is 1.90. The Bertz CT molecular complexity index is 551. The number of aromatic nitrogens is 3. The summed E-state index contributed by atoms with van der Waals surface area (Å²) >= 11 is 0. The lowest BCUT2D eigenvalue weighted by Gasteiger charge is -2.28.